The predicted molar refractivity (Wildman–Crippen MR) is 126 cm³/mol. The Bertz CT molecular complexity index is 1160. The molecule has 3 aliphatic rings. The van der Waals surface area contributed by atoms with E-state index in [1.165, 1.54) is 11.1 Å². The van der Waals surface area contributed by atoms with Crippen molar-refractivity contribution in [2.45, 2.75) is 50.9 Å². The second kappa shape index (κ2) is 7.61. The Morgan fingerprint density at radius 2 is 1.91 bits per heavy atom. The van der Waals surface area contributed by atoms with E-state index in [0.717, 1.165) is 87.5 Å². The van der Waals surface area contributed by atoms with Gasteiger partial charge in [-0.05, 0) is 63.1 Å². The van der Waals surface area contributed by atoms with Gasteiger partial charge < -0.3 is 14.8 Å². The quantitative estimate of drug-likeness (QED) is 0.676. The molecule has 1 saturated carbocycles. The zero-order valence-corrected chi connectivity index (χ0v) is 18.8. The Balaban J connectivity index is 1.25. The fraction of sp³-hybridized carbons (Fsp3) is 0.500. The van der Waals surface area contributed by atoms with Crippen LogP contribution in [0.2, 0.25) is 0 Å². The van der Waals surface area contributed by atoms with Gasteiger partial charge in [-0.1, -0.05) is 29.8 Å². The molecule has 1 atom stereocenters. The lowest BCUT2D eigenvalue weighted by atomic mass is 9.94. The van der Waals surface area contributed by atoms with Crippen molar-refractivity contribution in [3.8, 4) is 0 Å². The summed E-state index contributed by atoms with van der Waals surface area (Å²) in [5.41, 5.74) is 4.41. The third kappa shape index (κ3) is 3.37. The maximum absolute atomic E-state index is 12.9. The summed E-state index contributed by atoms with van der Waals surface area (Å²) in [6.45, 7) is 5.72. The number of nitrogens with zero attached hydrogens (tertiary/aromatic N) is 4. The molecule has 0 bridgehead atoms. The molecule has 3 aromatic rings. The second-order valence-electron chi connectivity index (χ2n) is 9.90. The van der Waals surface area contributed by atoms with Crippen molar-refractivity contribution in [3.63, 3.8) is 0 Å². The van der Waals surface area contributed by atoms with Gasteiger partial charge in [0.25, 0.3) is 0 Å². The van der Waals surface area contributed by atoms with E-state index in [1.807, 2.05) is 0 Å². The third-order valence-corrected chi connectivity index (χ3v) is 7.62. The SMILES string of the molecule is Cc1cccc(C2(c3nc4nc(N5CCCC(C(=O)N6CCCC6)C5)ccc4[nH]3)CC2)c1. The number of amides is 1. The summed E-state index contributed by atoms with van der Waals surface area (Å²) in [4.78, 5) is 30.7. The lowest BCUT2D eigenvalue weighted by Crippen LogP contribution is -2.44. The topological polar surface area (TPSA) is 65.1 Å². The first-order valence-corrected chi connectivity index (χ1v) is 12.1. The highest BCUT2D eigenvalue weighted by atomic mass is 16.2. The summed E-state index contributed by atoms with van der Waals surface area (Å²) in [6, 6.07) is 13.0. The predicted octanol–water partition coefficient (Wildman–Crippen LogP) is 4.19. The van der Waals surface area contributed by atoms with Crippen LogP contribution < -0.4 is 4.90 Å². The van der Waals surface area contributed by atoms with E-state index >= 15 is 0 Å². The minimum absolute atomic E-state index is 0.00521. The highest BCUT2D eigenvalue weighted by Gasteiger charge is 2.48. The number of carbonyl (C=O) groups excluding carboxylic acids is 1. The van der Waals surface area contributed by atoms with E-state index in [4.69, 9.17) is 9.97 Å². The van der Waals surface area contributed by atoms with E-state index in [1.54, 1.807) is 0 Å². The van der Waals surface area contributed by atoms with Crippen molar-refractivity contribution >= 4 is 22.9 Å². The summed E-state index contributed by atoms with van der Waals surface area (Å²) in [5.74, 6) is 2.40. The van der Waals surface area contributed by atoms with E-state index in [2.05, 4.69) is 58.1 Å². The van der Waals surface area contributed by atoms with Crippen LogP contribution in [0.4, 0.5) is 5.82 Å². The van der Waals surface area contributed by atoms with Gasteiger partial charge >= 0.3 is 0 Å². The number of piperidine rings is 1. The Hall–Kier alpha value is -2.89. The molecule has 32 heavy (non-hydrogen) atoms. The monoisotopic (exact) mass is 429 g/mol. The number of aromatic nitrogens is 3. The molecule has 3 fully saturated rings. The minimum Gasteiger partial charge on any atom is -0.356 e. The Morgan fingerprint density at radius 1 is 1.06 bits per heavy atom. The average Bonchev–Trinajstić information content (AvgIpc) is 3.24. The maximum Gasteiger partial charge on any atom is 0.227 e. The van der Waals surface area contributed by atoms with Gasteiger partial charge in [0.2, 0.25) is 5.91 Å². The molecule has 4 heterocycles. The number of hydrogen-bond donors (Lipinski definition) is 1. The summed E-state index contributed by atoms with van der Waals surface area (Å²) in [7, 11) is 0. The van der Waals surface area contributed by atoms with E-state index < -0.39 is 0 Å². The molecule has 2 aliphatic heterocycles. The number of H-pyrrole nitrogens is 1. The number of benzene rings is 1. The van der Waals surface area contributed by atoms with Crippen molar-refractivity contribution in [3.05, 3.63) is 53.3 Å². The highest BCUT2D eigenvalue weighted by molar-refractivity contribution is 5.80. The molecule has 1 aromatic carbocycles. The smallest absolute Gasteiger partial charge is 0.227 e. The van der Waals surface area contributed by atoms with E-state index in [-0.39, 0.29) is 11.3 Å². The normalized spacial score (nSPS) is 22.5. The van der Waals surface area contributed by atoms with Gasteiger partial charge in [0.1, 0.15) is 11.6 Å². The Morgan fingerprint density at radius 3 is 2.69 bits per heavy atom. The number of aromatic amines is 1. The van der Waals surface area contributed by atoms with Gasteiger partial charge in [-0.3, -0.25) is 4.79 Å². The van der Waals surface area contributed by atoms with Crippen LogP contribution >= 0.6 is 0 Å². The van der Waals surface area contributed by atoms with Crippen LogP contribution in [0.1, 0.15) is 55.5 Å². The van der Waals surface area contributed by atoms with Crippen molar-refractivity contribution in [1.82, 2.24) is 19.9 Å². The van der Waals surface area contributed by atoms with Crippen molar-refractivity contribution in [2.24, 2.45) is 5.92 Å². The molecule has 6 heteroatoms. The summed E-state index contributed by atoms with van der Waals surface area (Å²) in [5, 5.41) is 0. The second-order valence-corrected chi connectivity index (χ2v) is 9.90. The van der Waals surface area contributed by atoms with Crippen LogP contribution in [-0.4, -0.2) is 51.9 Å². The molecule has 0 radical (unpaired) electrons. The number of pyridine rings is 1. The number of rotatable bonds is 4. The molecular weight excluding hydrogens is 398 g/mol. The number of imidazole rings is 1. The van der Waals surface area contributed by atoms with Crippen LogP contribution in [-0.2, 0) is 10.2 Å². The van der Waals surface area contributed by atoms with E-state index in [9.17, 15) is 4.79 Å². The number of likely N-dealkylation sites (tertiary alicyclic amines) is 1. The van der Waals surface area contributed by atoms with Gasteiger partial charge in [0.05, 0.1) is 16.8 Å². The molecule has 1 unspecified atom stereocenters. The summed E-state index contributed by atoms with van der Waals surface area (Å²) in [6.07, 6.45) is 6.55. The lowest BCUT2D eigenvalue weighted by molar-refractivity contribution is -0.134. The maximum atomic E-state index is 12.9. The molecule has 1 aliphatic carbocycles. The average molecular weight is 430 g/mol. The first-order valence-electron chi connectivity index (χ1n) is 12.1. The van der Waals surface area contributed by atoms with Crippen molar-refractivity contribution < 1.29 is 4.79 Å². The number of nitrogens with one attached hydrogen (secondary N) is 1. The zero-order chi connectivity index (χ0) is 21.7. The summed E-state index contributed by atoms with van der Waals surface area (Å²) >= 11 is 0. The molecule has 6 rings (SSSR count). The molecular formula is C26H31N5O. The standard InChI is InChI=1S/C26H31N5O/c1-18-6-4-8-20(16-18)26(11-12-26)25-27-21-9-10-22(28-23(21)29-25)31-15-5-7-19(17-31)24(32)30-13-2-3-14-30/h4,6,8-10,16,19H,2-3,5,7,11-15,17H2,1H3,(H,27,28,29). The van der Waals surface area contributed by atoms with Crippen LogP contribution in [0.5, 0.6) is 0 Å². The molecule has 166 valence electrons. The molecule has 2 aromatic heterocycles. The van der Waals surface area contributed by atoms with Gasteiger partial charge in [0.15, 0.2) is 5.65 Å². The van der Waals surface area contributed by atoms with Crippen LogP contribution in [0.3, 0.4) is 0 Å². The van der Waals surface area contributed by atoms with Gasteiger partial charge in [-0.15, -0.1) is 0 Å². The van der Waals surface area contributed by atoms with Crippen molar-refractivity contribution in [2.75, 3.05) is 31.1 Å². The Kier molecular flexibility index (Phi) is 4.70. The fourth-order valence-corrected chi connectivity index (χ4v) is 5.60. The molecule has 2 saturated heterocycles. The number of hydrogen-bond acceptors (Lipinski definition) is 4. The van der Waals surface area contributed by atoms with Gasteiger partial charge in [-0.25, -0.2) is 9.97 Å². The molecule has 1 amide bonds. The first-order chi connectivity index (χ1) is 15.6. The van der Waals surface area contributed by atoms with Crippen LogP contribution in [0.25, 0.3) is 11.2 Å². The van der Waals surface area contributed by atoms with Crippen LogP contribution in [0, 0.1) is 12.8 Å². The van der Waals surface area contributed by atoms with E-state index in [0.29, 0.717) is 5.91 Å². The highest BCUT2D eigenvalue weighted by Crippen LogP contribution is 2.52. The minimum atomic E-state index is 0.00521. The number of fused-ring (bicyclic) bond motifs is 1. The van der Waals surface area contributed by atoms with Gasteiger partial charge in [0, 0.05) is 26.2 Å². The molecule has 0 spiro atoms. The van der Waals surface area contributed by atoms with Gasteiger partial charge in [-0.2, -0.15) is 0 Å². The largest absolute Gasteiger partial charge is 0.356 e. The summed E-state index contributed by atoms with van der Waals surface area (Å²) < 4.78 is 0. The number of carbonyl (C=O) groups is 1. The van der Waals surface area contributed by atoms with Crippen LogP contribution in [0.15, 0.2) is 36.4 Å². The first kappa shape index (κ1) is 19.8. The van der Waals surface area contributed by atoms with Crippen molar-refractivity contribution in [1.29, 1.82) is 0 Å². The Labute approximate surface area is 189 Å². The molecule has 6 nitrogen and oxygen atoms in total. The third-order valence-electron chi connectivity index (χ3n) is 7.62. The number of anilines is 1. The zero-order valence-electron chi connectivity index (χ0n) is 18.8. The lowest BCUT2D eigenvalue weighted by Gasteiger charge is -2.34. The fourth-order valence-electron chi connectivity index (χ4n) is 5.60. The number of aryl methyl sites for hydroxylation is 1. The molecule has 1 N–H and O–H groups in total.